The number of phenolic OH excluding ortho intramolecular Hbond substituents is 1. The molecule has 1 heterocycles. The molecule has 0 bridgehead atoms. The van der Waals surface area contributed by atoms with Gasteiger partial charge in [0.15, 0.2) is 0 Å². The molecule has 1 aromatic heterocycles. The summed E-state index contributed by atoms with van der Waals surface area (Å²) in [7, 11) is 0. The maximum absolute atomic E-state index is 13.2. The molecule has 4 atom stereocenters. The van der Waals surface area contributed by atoms with E-state index in [0.29, 0.717) is 11.1 Å². The number of primary amides is 1. The van der Waals surface area contributed by atoms with Crippen LogP contribution in [-0.4, -0.2) is 80.0 Å². The van der Waals surface area contributed by atoms with Crippen LogP contribution in [0.2, 0.25) is 0 Å². The number of aliphatic carboxylic acids is 2. The molecule has 0 saturated carbocycles. The second-order valence-corrected chi connectivity index (χ2v) is 10.2. The number of carbonyl (C=O) groups excluding carboxylic acids is 4. The van der Waals surface area contributed by atoms with E-state index in [2.05, 4.69) is 20.9 Å². The van der Waals surface area contributed by atoms with E-state index in [-0.39, 0.29) is 25.0 Å². The zero-order valence-corrected chi connectivity index (χ0v) is 23.5. The fourth-order valence-electron chi connectivity index (χ4n) is 4.47. The SMILES string of the molecule is NC(=O)CC(NC(=O)C(CCC(=O)O)NC(=O)C(N)Cc1ccc(O)cc1)C(=O)NC(Cc1c[nH]c2ccccc12)C(=O)O. The number of carboxylic acid groups (broad SMARTS) is 2. The van der Waals surface area contributed by atoms with Crippen molar-refractivity contribution >= 4 is 46.5 Å². The first-order valence-electron chi connectivity index (χ1n) is 13.6. The topological polar surface area (TPSA) is 267 Å². The first-order chi connectivity index (χ1) is 20.8. The summed E-state index contributed by atoms with van der Waals surface area (Å²) in [4.78, 5) is 77.1. The van der Waals surface area contributed by atoms with Crippen molar-refractivity contribution in [2.45, 2.75) is 56.3 Å². The Morgan fingerprint density at radius 3 is 2.05 bits per heavy atom. The number of aromatic nitrogens is 1. The number of rotatable bonds is 16. The van der Waals surface area contributed by atoms with Crippen LogP contribution in [0, 0.1) is 0 Å². The molecule has 0 saturated heterocycles. The Morgan fingerprint density at radius 1 is 0.795 bits per heavy atom. The van der Waals surface area contributed by atoms with Gasteiger partial charge in [-0.05, 0) is 42.2 Å². The molecule has 0 aliphatic heterocycles. The lowest BCUT2D eigenvalue weighted by molar-refractivity contribution is -0.142. The van der Waals surface area contributed by atoms with Crippen molar-refractivity contribution in [2.75, 3.05) is 0 Å². The molecular formula is C29H34N6O9. The lowest BCUT2D eigenvalue weighted by atomic mass is 10.0. The normalized spacial score (nSPS) is 13.7. The van der Waals surface area contributed by atoms with E-state index in [1.54, 1.807) is 42.6 Å². The summed E-state index contributed by atoms with van der Waals surface area (Å²) in [6.07, 6.45) is -0.127. The summed E-state index contributed by atoms with van der Waals surface area (Å²) in [6.45, 7) is 0. The monoisotopic (exact) mass is 610 g/mol. The number of hydrogen-bond donors (Lipinski definition) is 9. The molecule has 4 amide bonds. The number of hydrogen-bond acceptors (Lipinski definition) is 8. The Bertz CT molecular complexity index is 1520. The van der Waals surface area contributed by atoms with Crippen molar-refractivity contribution in [1.82, 2.24) is 20.9 Å². The molecule has 2 aromatic carbocycles. The lowest BCUT2D eigenvalue weighted by Gasteiger charge is -2.24. The van der Waals surface area contributed by atoms with Crippen molar-refractivity contribution < 1.29 is 44.1 Å². The number of nitrogens with one attached hydrogen (secondary N) is 4. The third kappa shape index (κ3) is 9.55. The Balaban J connectivity index is 1.72. The van der Waals surface area contributed by atoms with Crippen LogP contribution in [-0.2, 0) is 41.6 Å². The van der Waals surface area contributed by atoms with Crippen LogP contribution in [0.5, 0.6) is 5.75 Å². The number of carboxylic acids is 2. The summed E-state index contributed by atoms with van der Waals surface area (Å²) >= 11 is 0. The number of amides is 4. The number of fused-ring (bicyclic) bond motifs is 1. The van der Waals surface area contributed by atoms with Gasteiger partial charge in [-0.25, -0.2) is 4.79 Å². The van der Waals surface area contributed by atoms with Crippen molar-refractivity contribution in [2.24, 2.45) is 11.5 Å². The molecule has 0 fully saturated rings. The Kier molecular flexibility index (Phi) is 11.4. The van der Waals surface area contributed by atoms with E-state index in [4.69, 9.17) is 16.6 Å². The third-order valence-corrected chi connectivity index (χ3v) is 6.76. The van der Waals surface area contributed by atoms with Gasteiger partial charge in [0.25, 0.3) is 0 Å². The predicted molar refractivity (Wildman–Crippen MR) is 156 cm³/mol. The quantitative estimate of drug-likeness (QED) is 0.0980. The van der Waals surface area contributed by atoms with Crippen molar-refractivity contribution in [1.29, 1.82) is 0 Å². The average Bonchev–Trinajstić information content (AvgIpc) is 3.37. The maximum atomic E-state index is 13.2. The molecule has 44 heavy (non-hydrogen) atoms. The Labute approximate surface area is 251 Å². The van der Waals surface area contributed by atoms with Gasteiger partial charge >= 0.3 is 11.9 Å². The number of H-pyrrole nitrogens is 1. The average molecular weight is 611 g/mol. The van der Waals surface area contributed by atoms with Gasteiger partial charge in [-0.15, -0.1) is 0 Å². The van der Waals surface area contributed by atoms with E-state index in [1.165, 1.54) is 12.1 Å². The predicted octanol–water partition coefficient (Wildman–Crippen LogP) is -0.735. The van der Waals surface area contributed by atoms with Crippen LogP contribution < -0.4 is 27.4 Å². The molecule has 0 spiro atoms. The molecule has 15 heteroatoms. The highest BCUT2D eigenvalue weighted by Gasteiger charge is 2.32. The van der Waals surface area contributed by atoms with Gasteiger partial charge in [0.2, 0.25) is 23.6 Å². The Morgan fingerprint density at radius 2 is 1.41 bits per heavy atom. The molecule has 0 aliphatic rings. The Hall–Kier alpha value is -5.44. The van der Waals surface area contributed by atoms with Crippen LogP contribution in [0.25, 0.3) is 10.9 Å². The van der Waals surface area contributed by atoms with Crippen LogP contribution in [0.3, 0.4) is 0 Å². The smallest absolute Gasteiger partial charge is 0.326 e. The minimum absolute atomic E-state index is 0.0133. The number of phenols is 1. The standard InChI is InChI=1S/C29H34N6O9/c30-19(11-15-5-7-17(36)8-6-15)26(40)33-21(9-10-25(38)39)27(41)34-22(13-24(31)37)28(42)35-23(29(43)44)12-16-14-32-20-4-2-1-3-18(16)20/h1-8,14,19,21-23,32,36H,9-13,30H2,(H2,31,37)(H,33,40)(H,34,41)(H,35,42)(H,38,39)(H,43,44). The largest absolute Gasteiger partial charge is 0.508 e. The minimum Gasteiger partial charge on any atom is -0.508 e. The lowest BCUT2D eigenvalue weighted by Crippen LogP contribution is -2.58. The van der Waals surface area contributed by atoms with Gasteiger partial charge in [0.05, 0.1) is 12.5 Å². The summed E-state index contributed by atoms with van der Waals surface area (Å²) in [5.74, 6) is -6.46. The van der Waals surface area contributed by atoms with Gasteiger partial charge < -0.3 is 47.7 Å². The van der Waals surface area contributed by atoms with E-state index in [9.17, 15) is 39.0 Å². The first kappa shape index (κ1) is 33.1. The zero-order valence-electron chi connectivity index (χ0n) is 23.5. The number of para-hydroxylation sites is 1. The number of benzene rings is 2. The zero-order chi connectivity index (χ0) is 32.4. The molecular weight excluding hydrogens is 576 g/mol. The van der Waals surface area contributed by atoms with Gasteiger partial charge in [-0.1, -0.05) is 30.3 Å². The van der Waals surface area contributed by atoms with Gasteiger partial charge in [0.1, 0.15) is 23.9 Å². The molecule has 11 N–H and O–H groups in total. The van der Waals surface area contributed by atoms with E-state index >= 15 is 0 Å². The summed E-state index contributed by atoms with van der Waals surface area (Å²) < 4.78 is 0. The van der Waals surface area contributed by atoms with Crippen molar-refractivity contribution in [3.05, 3.63) is 65.9 Å². The van der Waals surface area contributed by atoms with Gasteiger partial charge in [-0.2, -0.15) is 0 Å². The third-order valence-electron chi connectivity index (χ3n) is 6.76. The van der Waals surface area contributed by atoms with Crippen LogP contribution in [0.1, 0.15) is 30.4 Å². The summed E-state index contributed by atoms with van der Waals surface area (Å²) in [6, 6.07) is 7.32. The van der Waals surface area contributed by atoms with E-state index < -0.39 is 72.6 Å². The fourth-order valence-corrected chi connectivity index (χ4v) is 4.47. The van der Waals surface area contributed by atoms with Crippen LogP contribution in [0.4, 0.5) is 0 Å². The van der Waals surface area contributed by atoms with Crippen LogP contribution >= 0.6 is 0 Å². The molecule has 0 aliphatic carbocycles. The number of aromatic hydroxyl groups is 1. The second-order valence-electron chi connectivity index (χ2n) is 10.2. The molecule has 3 rings (SSSR count). The van der Waals surface area contributed by atoms with E-state index in [0.717, 1.165) is 10.9 Å². The highest BCUT2D eigenvalue weighted by molar-refractivity contribution is 5.96. The number of aromatic amines is 1. The van der Waals surface area contributed by atoms with Crippen molar-refractivity contribution in [3.63, 3.8) is 0 Å². The molecule has 3 aromatic rings. The second kappa shape index (κ2) is 15.2. The van der Waals surface area contributed by atoms with Gasteiger partial charge in [0, 0.05) is 29.9 Å². The summed E-state index contributed by atoms with van der Waals surface area (Å²) in [5, 5.41) is 36.1. The molecule has 4 unspecified atom stereocenters. The highest BCUT2D eigenvalue weighted by Crippen LogP contribution is 2.19. The first-order valence-corrected chi connectivity index (χ1v) is 13.6. The van der Waals surface area contributed by atoms with Gasteiger partial charge in [-0.3, -0.25) is 24.0 Å². The fraction of sp³-hybridized carbons (Fsp3) is 0.310. The van der Waals surface area contributed by atoms with E-state index in [1.807, 2.05) is 0 Å². The minimum atomic E-state index is -1.64. The highest BCUT2D eigenvalue weighted by atomic mass is 16.4. The molecule has 15 nitrogen and oxygen atoms in total. The molecule has 0 radical (unpaired) electrons. The summed E-state index contributed by atoms with van der Waals surface area (Å²) in [5.41, 5.74) is 13.2. The van der Waals surface area contributed by atoms with Crippen molar-refractivity contribution in [3.8, 4) is 5.75 Å². The number of nitrogens with two attached hydrogens (primary N) is 2. The molecule has 234 valence electrons. The van der Waals surface area contributed by atoms with Crippen LogP contribution in [0.15, 0.2) is 54.7 Å². The maximum Gasteiger partial charge on any atom is 0.326 e. The number of carbonyl (C=O) groups is 6.